The molecule has 1 atom stereocenters. The van der Waals surface area contributed by atoms with Crippen LogP contribution in [0.4, 0.5) is 0 Å². The summed E-state index contributed by atoms with van der Waals surface area (Å²) < 4.78 is 26.9. The number of aromatic nitrogens is 1. The van der Waals surface area contributed by atoms with Crippen LogP contribution in [0.5, 0.6) is 0 Å². The maximum absolute atomic E-state index is 12.7. The first-order valence-electron chi connectivity index (χ1n) is 9.37. The van der Waals surface area contributed by atoms with E-state index in [0.29, 0.717) is 18.1 Å². The molecule has 2 fully saturated rings. The molecule has 0 aromatic carbocycles. The highest BCUT2D eigenvalue weighted by molar-refractivity contribution is 7.99. The lowest BCUT2D eigenvalue weighted by atomic mass is 9.98. The summed E-state index contributed by atoms with van der Waals surface area (Å²) >= 11 is 1.22. The molecular weight excluding hydrogens is 398 g/mol. The number of sulfonamides is 1. The summed E-state index contributed by atoms with van der Waals surface area (Å²) in [6.07, 6.45) is 3.28. The Balaban J connectivity index is 1.56. The number of quaternary nitrogens is 1. The van der Waals surface area contributed by atoms with Crippen molar-refractivity contribution in [1.82, 2.24) is 14.6 Å². The van der Waals surface area contributed by atoms with Crippen LogP contribution in [0.3, 0.4) is 0 Å². The summed E-state index contributed by atoms with van der Waals surface area (Å²) in [5.41, 5.74) is -0.812. The molecule has 0 radical (unpaired) electrons. The Hall–Kier alpha value is -1.67. The zero-order valence-corrected chi connectivity index (χ0v) is 17.8. The molecule has 8 nitrogen and oxygen atoms in total. The van der Waals surface area contributed by atoms with Crippen molar-refractivity contribution >= 4 is 27.7 Å². The Labute approximate surface area is 170 Å². The summed E-state index contributed by atoms with van der Waals surface area (Å²) in [4.78, 5) is 17.9. The van der Waals surface area contributed by atoms with Gasteiger partial charge in [-0.2, -0.15) is 9.57 Å². The normalized spacial score (nSPS) is 20.9. The van der Waals surface area contributed by atoms with Crippen LogP contribution in [0, 0.1) is 17.2 Å². The van der Waals surface area contributed by atoms with Crippen LogP contribution in [0.2, 0.25) is 0 Å². The van der Waals surface area contributed by atoms with E-state index in [1.807, 2.05) is 0 Å². The van der Waals surface area contributed by atoms with Crippen LogP contribution < -0.4 is 10.2 Å². The molecule has 2 N–H and O–H groups in total. The summed E-state index contributed by atoms with van der Waals surface area (Å²) in [5, 5.41) is 12.7. The molecule has 1 aliphatic carbocycles. The second-order valence-corrected chi connectivity index (χ2v) is 10.6. The number of rotatable bonds is 7. The average molecular weight is 425 g/mol. The van der Waals surface area contributed by atoms with Crippen molar-refractivity contribution in [2.75, 3.05) is 39.0 Å². The van der Waals surface area contributed by atoms with Gasteiger partial charge in [-0.05, 0) is 37.8 Å². The molecular formula is C18H26N5O3S2+. The number of likely N-dealkylation sites (N-methyl/N-ethyl adjacent to an activating group) is 1. The third-order valence-electron chi connectivity index (χ3n) is 5.30. The molecule has 0 spiro atoms. The van der Waals surface area contributed by atoms with Crippen LogP contribution in [0.25, 0.3) is 0 Å². The van der Waals surface area contributed by atoms with E-state index in [0.717, 1.165) is 25.9 Å². The van der Waals surface area contributed by atoms with E-state index >= 15 is 0 Å². The molecule has 1 aliphatic heterocycles. The number of piperazine rings is 1. The topological polar surface area (TPSA) is 108 Å². The number of nitriles is 1. The van der Waals surface area contributed by atoms with Crippen LogP contribution in [0.1, 0.15) is 19.8 Å². The molecule has 152 valence electrons. The van der Waals surface area contributed by atoms with Crippen molar-refractivity contribution in [2.24, 2.45) is 5.92 Å². The molecule has 0 bridgehead atoms. The quantitative estimate of drug-likeness (QED) is 0.572. The Morgan fingerprint density at radius 3 is 2.64 bits per heavy atom. The molecule has 1 saturated heterocycles. The summed E-state index contributed by atoms with van der Waals surface area (Å²) in [6.45, 7) is 4.34. The number of thioether (sulfide) groups is 1. The first kappa shape index (κ1) is 21.0. The highest BCUT2D eigenvalue weighted by Gasteiger charge is 2.42. The number of pyridine rings is 1. The lowest BCUT2D eigenvalue weighted by Gasteiger charge is -2.29. The number of hydrogen-bond acceptors (Lipinski definition) is 6. The van der Waals surface area contributed by atoms with E-state index < -0.39 is 15.6 Å². The number of hydrogen-bond donors (Lipinski definition) is 2. The second-order valence-electron chi connectivity index (χ2n) is 7.62. The Bertz CT molecular complexity index is 856. The van der Waals surface area contributed by atoms with E-state index in [9.17, 15) is 18.5 Å². The predicted molar refractivity (Wildman–Crippen MR) is 105 cm³/mol. The van der Waals surface area contributed by atoms with Gasteiger partial charge in [0.2, 0.25) is 15.9 Å². The standard InChI is InChI=1S/C18H25N5O3S2/c1-18(13-19,14-3-4-14)21-16(24)12-27-17-6-5-15(11-20-17)28(25,26)23-9-7-22(2)8-10-23/h5-6,11,14H,3-4,7-10,12H2,1-2H3,(H,21,24)/p+1/t18-/m0/s1. The van der Waals surface area contributed by atoms with Crippen molar-refractivity contribution in [2.45, 2.75) is 35.2 Å². The predicted octanol–water partition coefficient (Wildman–Crippen LogP) is -0.499. The highest BCUT2D eigenvalue weighted by Crippen LogP contribution is 2.39. The Morgan fingerprint density at radius 1 is 1.43 bits per heavy atom. The van der Waals surface area contributed by atoms with Gasteiger partial charge in [0.15, 0.2) is 0 Å². The molecule has 2 heterocycles. The summed E-state index contributed by atoms with van der Waals surface area (Å²) in [6, 6.07) is 5.36. The fourth-order valence-corrected chi connectivity index (χ4v) is 5.24. The average Bonchev–Trinajstić information content (AvgIpc) is 3.53. The second kappa shape index (κ2) is 8.37. The minimum Gasteiger partial charge on any atom is -0.337 e. The third kappa shape index (κ3) is 4.84. The molecule has 28 heavy (non-hydrogen) atoms. The van der Waals surface area contributed by atoms with Gasteiger partial charge in [0, 0.05) is 6.20 Å². The highest BCUT2D eigenvalue weighted by atomic mass is 32.2. The van der Waals surface area contributed by atoms with Crippen molar-refractivity contribution in [3.63, 3.8) is 0 Å². The molecule has 2 aliphatic rings. The number of nitrogens with one attached hydrogen (secondary N) is 2. The van der Waals surface area contributed by atoms with Crippen LogP contribution in [-0.4, -0.2) is 68.1 Å². The van der Waals surface area contributed by atoms with E-state index in [2.05, 4.69) is 23.4 Å². The third-order valence-corrected chi connectivity index (χ3v) is 8.13. The Morgan fingerprint density at radius 2 is 2.11 bits per heavy atom. The van der Waals surface area contributed by atoms with Crippen molar-refractivity contribution in [3.8, 4) is 6.07 Å². The van der Waals surface area contributed by atoms with Gasteiger partial charge in [0.25, 0.3) is 0 Å². The van der Waals surface area contributed by atoms with E-state index in [4.69, 9.17) is 0 Å². The zero-order chi connectivity index (χ0) is 20.4. The first-order chi connectivity index (χ1) is 13.2. The Kier molecular flexibility index (Phi) is 6.29. The van der Waals surface area contributed by atoms with Gasteiger partial charge in [0.1, 0.15) is 10.4 Å². The van der Waals surface area contributed by atoms with Gasteiger partial charge >= 0.3 is 0 Å². The monoisotopic (exact) mass is 424 g/mol. The SMILES string of the molecule is C[NH+]1CCN(S(=O)(=O)c2ccc(SCC(=O)N[C@@](C)(C#N)C3CC3)nc2)CC1. The molecule has 10 heteroatoms. The van der Waals surface area contributed by atoms with Crippen LogP contribution in [0.15, 0.2) is 28.3 Å². The number of carbonyl (C=O) groups excluding carboxylic acids is 1. The van der Waals surface area contributed by atoms with Gasteiger partial charge in [0.05, 0.1) is 50.1 Å². The van der Waals surface area contributed by atoms with E-state index in [-0.39, 0.29) is 22.5 Å². The van der Waals surface area contributed by atoms with Gasteiger partial charge in [-0.15, -0.1) is 0 Å². The zero-order valence-electron chi connectivity index (χ0n) is 16.1. The van der Waals surface area contributed by atoms with Crippen LogP contribution in [-0.2, 0) is 14.8 Å². The minimum atomic E-state index is -3.53. The van der Waals surface area contributed by atoms with Gasteiger partial charge in [-0.3, -0.25) is 4.79 Å². The van der Waals surface area contributed by atoms with Crippen LogP contribution >= 0.6 is 11.8 Å². The van der Waals surface area contributed by atoms with Gasteiger partial charge < -0.3 is 10.2 Å². The lowest BCUT2D eigenvalue weighted by molar-refractivity contribution is -0.883. The largest absolute Gasteiger partial charge is 0.337 e. The smallest absolute Gasteiger partial charge is 0.245 e. The van der Waals surface area contributed by atoms with E-state index in [1.54, 1.807) is 13.0 Å². The van der Waals surface area contributed by atoms with E-state index in [1.165, 1.54) is 33.2 Å². The lowest BCUT2D eigenvalue weighted by Crippen LogP contribution is -3.12. The molecule has 0 unspecified atom stereocenters. The minimum absolute atomic E-state index is 0.129. The van der Waals surface area contributed by atoms with Crippen molar-refractivity contribution in [1.29, 1.82) is 5.26 Å². The molecule has 1 aromatic rings. The first-order valence-corrected chi connectivity index (χ1v) is 11.8. The fourth-order valence-electron chi connectivity index (χ4n) is 3.21. The van der Waals surface area contributed by atoms with Crippen molar-refractivity contribution in [3.05, 3.63) is 18.3 Å². The summed E-state index contributed by atoms with van der Waals surface area (Å²) in [5.74, 6) is 0.134. The van der Waals surface area contributed by atoms with Gasteiger partial charge in [-0.1, -0.05) is 11.8 Å². The molecule has 1 saturated carbocycles. The number of carbonyl (C=O) groups is 1. The maximum Gasteiger partial charge on any atom is 0.245 e. The van der Waals surface area contributed by atoms with Crippen molar-refractivity contribution < 1.29 is 18.1 Å². The summed E-state index contributed by atoms with van der Waals surface area (Å²) in [7, 11) is -1.48. The number of amides is 1. The number of nitrogens with zero attached hydrogens (tertiary/aromatic N) is 3. The van der Waals surface area contributed by atoms with Gasteiger partial charge in [-0.25, -0.2) is 13.4 Å². The molecule has 3 rings (SSSR count). The molecule has 1 amide bonds. The molecule has 1 aromatic heterocycles. The fraction of sp³-hybridized carbons (Fsp3) is 0.611. The maximum atomic E-state index is 12.7.